The number of H-pyrrole nitrogens is 1. The van der Waals surface area contributed by atoms with Gasteiger partial charge >= 0.3 is 29.2 Å². The summed E-state index contributed by atoms with van der Waals surface area (Å²) in [6, 6.07) is 14.2. The molecule has 8 unspecified atom stereocenters. The number of ether oxygens (including phenoxy) is 1. The van der Waals surface area contributed by atoms with E-state index in [9.17, 15) is 52.9 Å². The Bertz CT molecular complexity index is 3260. The summed E-state index contributed by atoms with van der Waals surface area (Å²) >= 11 is 1.90. The van der Waals surface area contributed by atoms with E-state index in [1.807, 2.05) is 53.5 Å². The van der Waals surface area contributed by atoms with Crippen LogP contribution < -0.4 is 26.8 Å². The lowest BCUT2D eigenvalue weighted by atomic mass is 9.75. The van der Waals surface area contributed by atoms with Crippen LogP contribution in [0.5, 0.6) is 0 Å². The lowest BCUT2D eigenvalue weighted by molar-refractivity contribution is -0.433. The number of hydrogen-bond acceptors (Lipinski definition) is 22. The number of carbonyl (C=O) groups excluding carboxylic acids is 2. The van der Waals surface area contributed by atoms with Crippen LogP contribution in [0.1, 0.15) is 102 Å². The summed E-state index contributed by atoms with van der Waals surface area (Å²) in [5.74, 6) is 0.175. The molecule has 85 heavy (non-hydrogen) atoms. The molecule has 3 aromatic rings. The number of nitrogens with zero attached hydrogens (tertiary/aromatic N) is 3. The molecular formula is C51H70N6O23P3S2+. The van der Waals surface area contributed by atoms with Crippen molar-refractivity contribution in [3.63, 3.8) is 0 Å². The van der Waals surface area contributed by atoms with E-state index in [4.69, 9.17) is 29.4 Å². The van der Waals surface area contributed by atoms with E-state index in [1.54, 1.807) is 0 Å². The van der Waals surface area contributed by atoms with Gasteiger partial charge < -0.3 is 50.1 Å². The number of aliphatic hydroxyl groups excluding tert-OH is 2. The van der Waals surface area contributed by atoms with Crippen LogP contribution in [0.2, 0.25) is 0 Å². The van der Waals surface area contributed by atoms with Gasteiger partial charge in [0.05, 0.1) is 29.6 Å². The van der Waals surface area contributed by atoms with E-state index >= 15 is 0 Å². The summed E-state index contributed by atoms with van der Waals surface area (Å²) in [7, 11) is -17.1. The minimum atomic E-state index is -5.85. The molecule has 34 heteroatoms. The van der Waals surface area contributed by atoms with Crippen LogP contribution in [0.4, 0.5) is 11.4 Å². The molecule has 1 fully saturated rings. The number of aliphatic hydroxyl groups is 2. The fourth-order valence-corrected chi connectivity index (χ4v) is 14.2. The average molecular weight is 1290 g/mol. The van der Waals surface area contributed by atoms with Gasteiger partial charge in [0.15, 0.2) is 11.9 Å². The second-order valence-electron chi connectivity index (χ2n) is 19.9. The third-order valence-electron chi connectivity index (χ3n) is 14.3. The fraction of sp³-hybridized carbons (Fsp3) is 0.471. The Kier molecular flexibility index (Phi) is 25.6. The Hall–Kier alpha value is -4.76. The highest BCUT2D eigenvalue weighted by Gasteiger charge is 2.49. The predicted molar refractivity (Wildman–Crippen MR) is 309 cm³/mol. The largest absolute Gasteiger partial charge is 0.490 e. The smallest absolute Gasteiger partial charge is 0.387 e. The summed E-state index contributed by atoms with van der Waals surface area (Å²) in [5.41, 5.74) is 3.45. The van der Waals surface area contributed by atoms with Crippen molar-refractivity contribution in [2.45, 2.75) is 119 Å². The Morgan fingerprint density at radius 2 is 1.58 bits per heavy atom. The van der Waals surface area contributed by atoms with Crippen molar-refractivity contribution >= 4 is 82.5 Å². The molecule has 11 N–H and O–H groups in total. The number of hydrogen-bond donors (Lipinski definition) is 11. The normalized spacial score (nSPS) is 23.3. The monoisotopic (exact) mass is 1290 g/mol. The molecule has 29 nitrogen and oxygen atoms in total. The Morgan fingerprint density at radius 1 is 0.835 bits per heavy atom. The van der Waals surface area contributed by atoms with Crippen LogP contribution in [0.25, 0.3) is 6.08 Å². The van der Waals surface area contributed by atoms with Crippen molar-refractivity contribution in [3.8, 4) is 0 Å². The van der Waals surface area contributed by atoms with Crippen LogP contribution in [0.15, 0.2) is 105 Å². The lowest BCUT2D eigenvalue weighted by Crippen LogP contribution is -2.38. The SMILES string of the molecule is CCN1C(=CC=CC=CC2=[N+](CC)c3ccccc3C2(C)CCC(=O)NCCCCCC(=O)NC/C=C/c2cn(C3OC(COP(=O)(O)OP(=O)(O)OP(=O)(O)O)C(O)C3O)c(=O)[nH]c2=O)C(C)(CCCSOOO)c2cc(SOOO)ccc21. The summed E-state index contributed by atoms with van der Waals surface area (Å²) in [6.07, 6.45) is 10.9. The molecule has 0 radical (unpaired) electrons. The lowest BCUT2D eigenvalue weighted by Gasteiger charge is -2.30. The number of anilines is 1. The number of phosphoric acid groups is 3. The van der Waals surface area contributed by atoms with Gasteiger partial charge in [-0.15, -0.1) is 8.67 Å². The predicted octanol–water partition coefficient (Wildman–Crippen LogP) is 6.23. The Labute approximate surface area is 496 Å². The zero-order chi connectivity index (χ0) is 62.2. The van der Waals surface area contributed by atoms with Crippen LogP contribution in [0, 0.1) is 0 Å². The molecule has 468 valence electrons. The molecule has 1 aromatic heterocycles. The van der Waals surface area contributed by atoms with Crippen molar-refractivity contribution in [2.24, 2.45) is 0 Å². The highest BCUT2D eigenvalue weighted by Crippen LogP contribution is 2.66. The number of para-hydroxylation sites is 1. The number of aromatic amines is 1. The molecule has 2 aromatic carbocycles. The van der Waals surface area contributed by atoms with Gasteiger partial charge in [0.25, 0.3) is 5.56 Å². The maximum atomic E-state index is 13.4. The highest BCUT2D eigenvalue weighted by atomic mass is 32.2. The van der Waals surface area contributed by atoms with E-state index in [0.29, 0.717) is 55.6 Å². The molecule has 0 spiro atoms. The number of aromatic nitrogens is 2. The highest BCUT2D eigenvalue weighted by molar-refractivity contribution is 7.94. The molecule has 1 saturated heterocycles. The maximum Gasteiger partial charge on any atom is 0.490 e. The maximum absolute atomic E-state index is 13.4. The summed E-state index contributed by atoms with van der Waals surface area (Å²) in [6.45, 7) is 9.19. The molecule has 3 aliphatic rings. The van der Waals surface area contributed by atoms with Gasteiger partial charge in [0.2, 0.25) is 17.5 Å². The number of nitrogens with one attached hydrogen (secondary N) is 3. The number of likely N-dealkylation sites (N-methyl/N-ethyl adjacent to an activating group) is 1. The van der Waals surface area contributed by atoms with Gasteiger partial charge in [0.1, 0.15) is 24.9 Å². The van der Waals surface area contributed by atoms with Gasteiger partial charge in [0, 0.05) is 95.9 Å². The molecule has 4 heterocycles. The second-order valence-corrected chi connectivity index (χ2v) is 25.8. The number of amides is 2. The van der Waals surface area contributed by atoms with Gasteiger partial charge in [-0.2, -0.15) is 13.2 Å². The first-order valence-corrected chi connectivity index (χ1v) is 32.8. The first kappa shape index (κ1) is 69.3. The number of allylic oxidation sites excluding steroid dienone is 6. The number of fused-ring (bicyclic) bond motifs is 2. The fourth-order valence-electron chi connectivity index (χ4n) is 10.3. The van der Waals surface area contributed by atoms with Gasteiger partial charge in [-0.1, -0.05) is 65.1 Å². The summed E-state index contributed by atoms with van der Waals surface area (Å²) in [4.78, 5) is 92.8. The molecule has 0 bridgehead atoms. The number of unbranched alkanes of at least 4 members (excludes halogenated alkanes) is 2. The summed E-state index contributed by atoms with van der Waals surface area (Å²) < 4.78 is 64.1. The van der Waals surface area contributed by atoms with Crippen molar-refractivity contribution in [1.29, 1.82) is 0 Å². The molecule has 2 amide bonds. The minimum absolute atomic E-state index is 0.0296. The first-order valence-electron chi connectivity index (χ1n) is 26.6. The van der Waals surface area contributed by atoms with Crippen molar-refractivity contribution in [3.05, 3.63) is 128 Å². The van der Waals surface area contributed by atoms with Gasteiger partial charge in [-0.05, 0) is 89.6 Å². The number of carbonyl (C=O) groups is 2. The van der Waals surface area contributed by atoms with E-state index in [-0.39, 0.29) is 36.8 Å². The quantitative estimate of drug-likeness (QED) is 0.00600. The number of rotatable bonds is 34. The zero-order valence-electron chi connectivity index (χ0n) is 46.6. The minimum Gasteiger partial charge on any atom is -0.387 e. The van der Waals surface area contributed by atoms with E-state index in [1.165, 1.54) is 12.2 Å². The molecule has 3 aliphatic heterocycles. The Morgan fingerprint density at radius 3 is 2.29 bits per heavy atom. The molecule has 0 saturated carbocycles. The summed E-state index contributed by atoms with van der Waals surface area (Å²) in [5, 5.41) is 51.9. The second kappa shape index (κ2) is 31.4. The van der Waals surface area contributed by atoms with Crippen LogP contribution in [-0.2, 0) is 70.7 Å². The standard InChI is InChI=1S/C51H69N6O23P3S2/c1-5-55-38-19-13-12-18-36(38)51(4,42(55)21-10-7-9-20-41-50(3,26-16-30-84-77-75-64)37-31-35(85-78-76-65)23-24-39(37)56(41)6-2)27-25-44(59)52-28-14-8-11-22-43(58)53-29-15-17-34-32-57(49(63)54-47(34)62)48-46(61)45(60)40(74-48)33-73-82(69,70)80-83(71,72)79-81(66,67)68/h7,9-10,12-13,15,17-21,23-24,31-32,40,45-46,48,60-61H,5-6,8,11,14,16,22,25-30,33H2,1-4H3,(H8-,52,53,54,58,59,62,63,64,65,66,67,68,69,70,71,72)/p+1/b17-15+. The Balaban J connectivity index is 0.969. The number of benzene rings is 2. The topological polar surface area (TPSA) is 406 Å². The van der Waals surface area contributed by atoms with E-state index in [2.05, 4.69) is 99.6 Å². The molecule has 8 atom stereocenters. The molecule has 0 aliphatic carbocycles. The molecular weight excluding hydrogens is 1220 g/mol. The van der Waals surface area contributed by atoms with Crippen molar-refractivity contribution in [2.75, 3.05) is 43.4 Å². The third-order valence-corrected chi connectivity index (χ3v) is 19.2. The van der Waals surface area contributed by atoms with E-state index in [0.717, 1.165) is 81.9 Å². The van der Waals surface area contributed by atoms with Crippen LogP contribution in [0.3, 0.4) is 0 Å². The van der Waals surface area contributed by atoms with Crippen molar-refractivity contribution < 1.29 is 105 Å². The third kappa shape index (κ3) is 18.6. The van der Waals surface area contributed by atoms with Crippen LogP contribution in [-0.4, -0.2) is 129 Å². The number of phosphoric ester groups is 1. The molecule has 6 rings (SSSR count). The van der Waals surface area contributed by atoms with Gasteiger partial charge in [-0.25, -0.2) is 29.0 Å². The average Bonchev–Trinajstić information content (AvgIpc) is 1.78. The van der Waals surface area contributed by atoms with Crippen LogP contribution >= 0.6 is 47.6 Å². The van der Waals surface area contributed by atoms with Crippen molar-refractivity contribution in [1.82, 2.24) is 20.2 Å². The van der Waals surface area contributed by atoms with E-state index < -0.39 is 76.7 Å². The zero-order valence-corrected chi connectivity index (χ0v) is 50.9. The first-order chi connectivity index (χ1) is 40.3. The van der Waals surface area contributed by atoms with Gasteiger partial charge in [-0.3, -0.25) is 28.5 Å².